The van der Waals surface area contributed by atoms with Crippen LogP contribution in [0.5, 0.6) is 5.75 Å². The molecule has 23 heavy (non-hydrogen) atoms. The highest BCUT2D eigenvalue weighted by Crippen LogP contribution is 2.27. The molecule has 0 saturated heterocycles. The molecule has 0 saturated carbocycles. The van der Waals surface area contributed by atoms with Crippen LogP contribution in [-0.2, 0) is 0 Å². The summed E-state index contributed by atoms with van der Waals surface area (Å²) in [7, 11) is 5.51. The second-order valence-electron chi connectivity index (χ2n) is 5.48. The van der Waals surface area contributed by atoms with Crippen LogP contribution in [-0.4, -0.2) is 26.2 Å². The standard InChI is InChI=1S/C19H22N2O2/c1-14-9-10-15(21(2)3)11-12-19(22)20-17(13-14)16-7-5-6-8-18(16)23-4/h5-13H,1-4H3,(H,20,22). The molecule has 0 amide bonds. The summed E-state index contributed by atoms with van der Waals surface area (Å²) in [5.74, 6) is 0.720. The zero-order valence-corrected chi connectivity index (χ0v) is 14.0. The van der Waals surface area contributed by atoms with Crippen LogP contribution in [0.2, 0.25) is 0 Å². The summed E-state index contributed by atoms with van der Waals surface area (Å²) in [6.45, 7) is 2.00. The van der Waals surface area contributed by atoms with Gasteiger partial charge in [0.2, 0.25) is 5.56 Å². The minimum Gasteiger partial charge on any atom is -0.496 e. The minimum absolute atomic E-state index is 0.176. The maximum atomic E-state index is 12.2. The fraction of sp³-hybridized carbons (Fsp3) is 0.211. The van der Waals surface area contributed by atoms with Gasteiger partial charge in [0, 0.05) is 31.4 Å². The predicted octanol–water partition coefficient (Wildman–Crippen LogP) is 3.55. The van der Waals surface area contributed by atoms with E-state index in [0.717, 1.165) is 22.6 Å². The van der Waals surface area contributed by atoms with Crippen LogP contribution < -0.4 is 15.2 Å². The van der Waals surface area contributed by atoms with Crippen molar-refractivity contribution in [2.75, 3.05) is 26.1 Å². The molecule has 0 radical (unpaired) electrons. The molecule has 2 rings (SSSR count). The number of aromatic amines is 1. The minimum atomic E-state index is -0.176. The number of H-pyrrole nitrogens is 1. The fourth-order valence-corrected chi connectivity index (χ4v) is 2.23. The number of ether oxygens (including phenoxy) is 1. The highest BCUT2D eigenvalue weighted by Gasteiger charge is 2.04. The van der Waals surface area contributed by atoms with Crippen LogP contribution in [0, 0.1) is 6.92 Å². The molecule has 0 aliphatic rings. The van der Waals surface area contributed by atoms with Crippen molar-refractivity contribution in [2.45, 2.75) is 6.92 Å². The Hall–Kier alpha value is -2.75. The number of aromatic nitrogens is 1. The van der Waals surface area contributed by atoms with E-state index in [0.29, 0.717) is 5.69 Å². The zero-order chi connectivity index (χ0) is 16.8. The molecular weight excluding hydrogens is 288 g/mol. The van der Waals surface area contributed by atoms with Crippen molar-refractivity contribution in [3.05, 3.63) is 70.5 Å². The van der Waals surface area contributed by atoms with Crippen LogP contribution in [0.1, 0.15) is 5.56 Å². The van der Waals surface area contributed by atoms with Gasteiger partial charge >= 0.3 is 0 Å². The van der Waals surface area contributed by atoms with Gasteiger partial charge in [0.25, 0.3) is 0 Å². The summed E-state index contributed by atoms with van der Waals surface area (Å²) in [6.07, 6.45) is 0. The summed E-state index contributed by atoms with van der Waals surface area (Å²) in [4.78, 5) is 17.1. The smallest absolute Gasteiger partial charge is 0.248 e. The number of methoxy groups -OCH3 is 1. The zero-order valence-electron chi connectivity index (χ0n) is 14.0. The number of hydrogen-bond donors (Lipinski definition) is 1. The van der Waals surface area contributed by atoms with Crippen molar-refractivity contribution in [1.82, 2.24) is 4.98 Å². The Balaban J connectivity index is 2.73. The van der Waals surface area contributed by atoms with Gasteiger partial charge in [-0.3, -0.25) is 4.79 Å². The first-order valence-electron chi connectivity index (χ1n) is 7.41. The largest absolute Gasteiger partial charge is 0.496 e. The van der Waals surface area contributed by atoms with E-state index in [4.69, 9.17) is 4.74 Å². The van der Waals surface area contributed by atoms with Crippen molar-refractivity contribution < 1.29 is 4.74 Å². The Labute approximate surface area is 136 Å². The average molecular weight is 310 g/mol. The SMILES string of the molecule is COc1ccccc1-c1cc(C)ccc(N(C)C)ccc(=O)[nH]1. The molecular formula is C19H22N2O2. The van der Waals surface area contributed by atoms with Gasteiger partial charge in [0.05, 0.1) is 12.8 Å². The number of hydrogen-bond acceptors (Lipinski definition) is 3. The number of anilines is 1. The molecule has 1 aromatic heterocycles. The second-order valence-corrected chi connectivity index (χ2v) is 5.48. The van der Waals surface area contributed by atoms with E-state index >= 15 is 0 Å². The molecule has 0 aliphatic heterocycles. The number of nitrogens with one attached hydrogen (secondary N) is 1. The number of benzene rings is 1. The molecule has 1 heterocycles. The molecule has 0 fully saturated rings. The normalized spacial score (nSPS) is 9.91. The molecule has 4 heteroatoms. The molecule has 2 aromatic rings. The van der Waals surface area contributed by atoms with Gasteiger partial charge in [-0.05, 0) is 42.8 Å². The first-order valence-corrected chi connectivity index (χ1v) is 7.41. The summed E-state index contributed by atoms with van der Waals surface area (Å²) in [5.41, 5.74) is 3.37. The topological polar surface area (TPSA) is 45.3 Å². The average Bonchev–Trinajstić information content (AvgIpc) is 2.53. The fourth-order valence-electron chi connectivity index (χ4n) is 2.23. The number of rotatable bonds is 3. The maximum Gasteiger partial charge on any atom is 0.248 e. The third-order valence-electron chi connectivity index (χ3n) is 3.47. The van der Waals surface area contributed by atoms with Crippen molar-refractivity contribution >= 4 is 5.69 Å². The van der Waals surface area contributed by atoms with Gasteiger partial charge in [-0.25, -0.2) is 0 Å². The van der Waals surface area contributed by atoms with E-state index in [9.17, 15) is 4.79 Å². The van der Waals surface area contributed by atoms with Gasteiger partial charge in [-0.15, -0.1) is 0 Å². The van der Waals surface area contributed by atoms with Crippen LogP contribution in [0.15, 0.2) is 59.4 Å². The first-order chi connectivity index (χ1) is 11.0. The molecule has 4 nitrogen and oxygen atoms in total. The Morgan fingerprint density at radius 2 is 1.70 bits per heavy atom. The molecule has 0 aliphatic carbocycles. The van der Waals surface area contributed by atoms with E-state index in [1.807, 2.05) is 68.4 Å². The van der Waals surface area contributed by atoms with Crippen molar-refractivity contribution in [3.63, 3.8) is 0 Å². The lowest BCUT2D eigenvalue weighted by atomic mass is 10.1. The van der Waals surface area contributed by atoms with Gasteiger partial charge in [0.15, 0.2) is 0 Å². The monoisotopic (exact) mass is 310 g/mol. The van der Waals surface area contributed by atoms with Gasteiger partial charge in [0.1, 0.15) is 5.75 Å². The van der Waals surface area contributed by atoms with Crippen molar-refractivity contribution in [1.29, 1.82) is 0 Å². The Morgan fingerprint density at radius 3 is 2.39 bits per heavy atom. The van der Waals surface area contributed by atoms with E-state index in [1.165, 1.54) is 6.07 Å². The number of aryl methyl sites for hydroxylation is 1. The van der Waals surface area contributed by atoms with Crippen LogP contribution in [0.25, 0.3) is 11.3 Å². The van der Waals surface area contributed by atoms with Gasteiger partial charge in [-0.1, -0.05) is 18.2 Å². The summed E-state index contributed by atoms with van der Waals surface area (Å²) >= 11 is 0. The lowest BCUT2D eigenvalue weighted by Gasteiger charge is -2.10. The quantitative estimate of drug-likeness (QED) is 0.943. The summed E-state index contributed by atoms with van der Waals surface area (Å²) < 4.78 is 5.40. The van der Waals surface area contributed by atoms with Crippen LogP contribution in [0.4, 0.5) is 5.69 Å². The molecule has 1 N–H and O–H groups in total. The third-order valence-corrected chi connectivity index (χ3v) is 3.47. The molecule has 1 aromatic carbocycles. The van der Waals surface area contributed by atoms with Gasteiger partial charge < -0.3 is 14.6 Å². The highest BCUT2D eigenvalue weighted by atomic mass is 16.5. The Bertz CT molecular complexity index is 793. The predicted molar refractivity (Wildman–Crippen MR) is 95.7 cm³/mol. The third kappa shape index (κ3) is 4.36. The lowest BCUT2D eigenvalue weighted by Crippen LogP contribution is -2.08. The molecule has 0 atom stereocenters. The highest BCUT2D eigenvalue weighted by molar-refractivity contribution is 5.67. The van der Waals surface area contributed by atoms with E-state index in [1.54, 1.807) is 13.2 Å². The Kier molecular flexibility index (Phi) is 5.41. The number of para-hydroxylation sites is 1. The first kappa shape index (κ1) is 16.6. The summed E-state index contributed by atoms with van der Waals surface area (Å²) in [5, 5.41) is 0. The van der Waals surface area contributed by atoms with Crippen molar-refractivity contribution in [2.24, 2.45) is 0 Å². The van der Waals surface area contributed by atoms with Gasteiger partial charge in [-0.2, -0.15) is 0 Å². The molecule has 0 bridgehead atoms. The van der Waals surface area contributed by atoms with E-state index in [2.05, 4.69) is 4.98 Å². The second kappa shape index (κ2) is 7.49. The molecule has 120 valence electrons. The van der Waals surface area contributed by atoms with Crippen LogP contribution >= 0.6 is 0 Å². The Morgan fingerprint density at radius 1 is 1.00 bits per heavy atom. The maximum absolute atomic E-state index is 12.2. The van der Waals surface area contributed by atoms with Crippen molar-refractivity contribution in [3.8, 4) is 17.0 Å². The molecule has 0 unspecified atom stereocenters. The van der Waals surface area contributed by atoms with E-state index in [-0.39, 0.29) is 5.56 Å². The lowest BCUT2D eigenvalue weighted by molar-refractivity contribution is 0.416. The molecule has 0 spiro atoms. The summed E-state index contributed by atoms with van der Waals surface area (Å²) in [6, 6.07) is 16.9. The van der Waals surface area contributed by atoms with E-state index < -0.39 is 0 Å². The number of nitrogens with zero attached hydrogens (tertiary/aromatic N) is 1. The van der Waals surface area contributed by atoms with Crippen LogP contribution in [0.3, 0.4) is 0 Å².